The Morgan fingerprint density at radius 3 is 2.30 bits per heavy atom. The molecule has 2 aromatic rings. The lowest BCUT2D eigenvalue weighted by Crippen LogP contribution is -2.39. The molecule has 0 aromatic heterocycles. The van der Waals surface area contributed by atoms with E-state index in [0.29, 0.717) is 19.4 Å². The number of carbonyl (C=O) groups is 3. The number of esters is 1. The molecule has 2 unspecified atom stereocenters. The largest absolute Gasteiger partial charge is 0.456 e. The molecule has 7 heteroatoms. The van der Waals surface area contributed by atoms with Crippen LogP contribution in [0, 0.1) is 5.92 Å². The van der Waals surface area contributed by atoms with Gasteiger partial charge in [-0.05, 0) is 30.4 Å². The van der Waals surface area contributed by atoms with Crippen LogP contribution in [0.2, 0.25) is 0 Å². The van der Waals surface area contributed by atoms with Crippen LogP contribution in [0.5, 0.6) is 0 Å². The molecule has 0 fully saturated rings. The molecule has 7 nitrogen and oxygen atoms in total. The Morgan fingerprint density at radius 2 is 1.68 bits per heavy atom. The first-order valence-corrected chi connectivity index (χ1v) is 12.6. The Morgan fingerprint density at radius 1 is 1.00 bits per heavy atom. The molecule has 0 bridgehead atoms. The smallest absolute Gasteiger partial charge is 0.306 e. The zero-order valence-electron chi connectivity index (χ0n) is 21.4. The Hall–Kier alpha value is -3.71. The molecule has 2 rings (SSSR count). The van der Waals surface area contributed by atoms with Gasteiger partial charge in [0.15, 0.2) is 0 Å². The monoisotopic (exact) mass is 506 g/mol. The van der Waals surface area contributed by atoms with Crippen molar-refractivity contribution in [3.8, 4) is 0 Å². The van der Waals surface area contributed by atoms with Crippen molar-refractivity contribution in [1.82, 2.24) is 10.2 Å². The van der Waals surface area contributed by atoms with Gasteiger partial charge in [0.05, 0.1) is 19.1 Å². The van der Waals surface area contributed by atoms with Crippen LogP contribution in [0.15, 0.2) is 86.0 Å². The van der Waals surface area contributed by atoms with Gasteiger partial charge >= 0.3 is 5.97 Å². The highest BCUT2D eigenvalue weighted by molar-refractivity contribution is 5.86. The Balaban J connectivity index is 2.04. The van der Waals surface area contributed by atoms with Crippen LogP contribution >= 0.6 is 0 Å². The topological polar surface area (TPSA) is 95.9 Å². The van der Waals surface area contributed by atoms with Crippen LogP contribution in [-0.2, 0) is 25.7 Å². The fraction of sp³-hybridized carbons (Fsp3) is 0.367. The normalized spacial score (nSPS) is 12.1. The highest BCUT2D eigenvalue weighted by Crippen LogP contribution is 2.19. The summed E-state index contributed by atoms with van der Waals surface area (Å²) in [5.41, 5.74) is 1.71. The molecule has 198 valence electrons. The van der Waals surface area contributed by atoms with Gasteiger partial charge in [0.25, 0.3) is 0 Å². The first kappa shape index (κ1) is 29.5. The van der Waals surface area contributed by atoms with Crippen molar-refractivity contribution in [2.24, 2.45) is 5.92 Å². The number of carbonyl (C=O) groups excluding carboxylic acids is 3. The lowest BCUT2D eigenvalue weighted by Gasteiger charge is -2.25. The molecule has 37 heavy (non-hydrogen) atoms. The highest BCUT2D eigenvalue weighted by Gasteiger charge is 2.25. The number of amides is 2. The molecule has 0 saturated heterocycles. The summed E-state index contributed by atoms with van der Waals surface area (Å²) >= 11 is 0. The maximum absolute atomic E-state index is 13.1. The quantitative estimate of drug-likeness (QED) is 0.189. The SMILES string of the molecule is C=CCCCC(=O)OC(CNC(=O)C(CC=C)CC(=O)N(CCO)Cc1ccccc1)c1ccccc1. The summed E-state index contributed by atoms with van der Waals surface area (Å²) in [5, 5.41) is 12.3. The molecule has 0 saturated carbocycles. The lowest BCUT2D eigenvalue weighted by atomic mass is 9.98. The lowest BCUT2D eigenvalue weighted by molar-refractivity contribution is -0.150. The molecular formula is C30H38N2O5. The number of nitrogens with zero attached hydrogens (tertiary/aromatic N) is 1. The Bertz CT molecular complexity index is 994. The zero-order chi connectivity index (χ0) is 26.9. The van der Waals surface area contributed by atoms with Gasteiger partial charge in [-0.15, -0.1) is 13.2 Å². The first-order chi connectivity index (χ1) is 18.0. The molecule has 2 N–H and O–H groups in total. The zero-order valence-corrected chi connectivity index (χ0v) is 21.4. The standard InChI is InChI=1S/C30H38N2O5/c1-3-5-8-18-29(35)37-27(25-16-11-7-12-17-25)22-31-30(36)26(13-4-2)21-28(34)32(19-20-33)23-24-14-9-6-10-15-24/h3-4,6-7,9-12,14-17,26-27,33H,1-2,5,8,13,18-23H2,(H,31,36). The highest BCUT2D eigenvalue weighted by atomic mass is 16.5. The second kappa shape index (κ2) is 16.9. The van der Waals surface area contributed by atoms with Crippen molar-refractivity contribution in [3.05, 3.63) is 97.1 Å². The van der Waals surface area contributed by atoms with E-state index in [-0.39, 0.29) is 50.3 Å². The van der Waals surface area contributed by atoms with Crippen molar-refractivity contribution in [2.45, 2.75) is 44.8 Å². The van der Waals surface area contributed by atoms with Gasteiger partial charge in [-0.1, -0.05) is 72.8 Å². The maximum Gasteiger partial charge on any atom is 0.306 e. The molecule has 0 aliphatic carbocycles. The van der Waals surface area contributed by atoms with Crippen molar-refractivity contribution in [1.29, 1.82) is 0 Å². The van der Waals surface area contributed by atoms with Gasteiger partial charge in [-0.3, -0.25) is 14.4 Å². The number of hydrogen-bond donors (Lipinski definition) is 2. The van der Waals surface area contributed by atoms with E-state index in [9.17, 15) is 19.5 Å². The predicted octanol–water partition coefficient (Wildman–Crippen LogP) is 4.35. The number of allylic oxidation sites excluding steroid dienone is 2. The third-order valence-corrected chi connectivity index (χ3v) is 5.88. The molecule has 0 aliphatic rings. The minimum atomic E-state index is -0.648. The van der Waals surface area contributed by atoms with Crippen molar-refractivity contribution >= 4 is 17.8 Å². The number of hydrogen-bond acceptors (Lipinski definition) is 5. The fourth-order valence-corrected chi connectivity index (χ4v) is 3.88. The minimum absolute atomic E-state index is 0.0258. The molecule has 2 amide bonds. The van der Waals surface area contributed by atoms with E-state index in [1.165, 1.54) is 0 Å². The maximum atomic E-state index is 13.1. The molecule has 0 aliphatic heterocycles. The summed E-state index contributed by atoms with van der Waals surface area (Å²) in [7, 11) is 0. The summed E-state index contributed by atoms with van der Waals surface area (Å²) in [6.07, 6.45) is 4.63. The molecular weight excluding hydrogens is 468 g/mol. The van der Waals surface area contributed by atoms with Gasteiger partial charge in [-0.2, -0.15) is 0 Å². The number of benzene rings is 2. The predicted molar refractivity (Wildman–Crippen MR) is 144 cm³/mol. The number of aliphatic hydroxyl groups excluding tert-OH is 1. The molecule has 2 atom stereocenters. The van der Waals surface area contributed by atoms with Gasteiger partial charge in [0.2, 0.25) is 11.8 Å². The Kier molecular flexibility index (Phi) is 13.5. The second-order valence-electron chi connectivity index (χ2n) is 8.77. The van der Waals surface area contributed by atoms with E-state index >= 15 is 0 Å². The summed E-state index contributed by atoms with van der Waals surface area (Å²) in [6.45, 7) is 7.83. The summed E-state index contributed by atoms with van der Waals surface area (Å²) in [5.74, 6) is -1.53. The number of unbranched alkanes of at least 4 members (excludes halogenated alkanes) is 1. The van der Waals surface area contributed by atoms with E-state index in [0.717, 1.165) is 17.5 Å². The number of aliphatic hydroxyl groups is 1. The fourth-order valence-electron chi connectivity index (χ4n) is 3.88. The van der Waals surface area contributed by atoms with E-state index < -0.39 is 12.0 Å². The number of ether oxygens (including phenoxy) is 1. The first-order valence-electron chi connectivity index (χ1n) is 12.6. The van der Waals surface area contributed by atoms with Crippen molar-refractivity contribution in [3.63, 3.8) is 0 Å². The third-order valence-electron chi connectivity index (χ3n) is 5.88. The van der Waals surface area contributed by atoms with E-state index in [1.807, 2.05) is 60.7 Å². The molecule has 0 radical (unpaired) electrons. The summed E-state index contributed by atoms with van der Waals surface area (Å²) in [4.78, 5) is 40.1. The van der Waals surface area contributed by atoms with Crippen LogP contribution in [-0.4, -0.2) is 47.5 Å². The number of rotatable bonds is 17. The van der Waals surface area contributed by atoms with Gasteiger partial charge in [-0.25, -0.2) is 0 Å². The third kappa shape index (κ3) is 10.8. The van der Waals surface area contributed by atoms with Crippen molar-refractivity contribution < 1.29 is 24.2 Å². The van der Waals surface area contributed by atoms with E-state index in [2.05, 4.69) is 18.5 Å². The van der Waals surface area contributed by atoms with E-state index in [4.69, 9.17) is 4.74 Å². The van der Waals surface area contributed by atoms with Gasteiger partial charge in [0.1, 0.15) is 6.10 Å². The van der Waals surface area contributed by atoms with Gasteiger partial charge < -0.3 is 20.1 Å². The van der Waals surface area contributed by atoms with Crippen LogP contribution in [0.1, 0.15) is 49.3 Å². The second-order valence-corrected chi connectivity index (χ2v) is 8.77. The average molecular weight is 507 g/mol. The Labute approximate surface area is 219 Å². The minimum Gasteiger partial charge on any atom is -0.456 e. The average Bonchev–Trinajstić information content (AvgIpc) is 2.91. The summed E-state index contributed by atoms with van der Waals surface area (Å²) in [6, 6.07) is 18.7. The van der Waals surface area contributed by atoms with Gasteiger partial charge in [0, 0.05) is 25.9 Å². The van der Waals surface area contributed by atoms with Crippen molar-refractivity contribution in [2.75, 3.05) is 19.7 Å². The van der Waals surface area contributed by atoms with Crippen LogP contribution in [0.4, 0.5) is 0 Å². The molecule has 0 heterocycles. The van der Waals surface area contributed by atoms with E-state index in [1.54, 1.807) is 17.1 Å². The number of nitrogens with one attached hydrogen (secondary N) is 1. The molecule has 0 spiro atoms. The van der Waals surface area contributed by atoms with Crippen LogP contribution in [0.3, 0.4) is 0 Å². The van der Waals surface area contributed by atoms with Crippen LogP contribution in [0.25, 0.3) is 0 Å². The molecule has 2 aromatic carbocycles. The summed E-state index contributed by atoms with van der Waals surface area (Å²) < 4.78 is 5.68. The van der Waals surface area contributed by atoms with Crippen LogP contribution < -0.4 is 5.32 Å².